The molecule has 0 aliphatic carbocycles. The third-order valence-electron chi connectivity index (χ3n) is 4.25. The Morgan fingerprint density at radius 3 is 1.53 bits per heavy atom. The molecule has 0 unspecified atom stereocenters. The molecule has 170 valence electrons. The number of hydrogen-bond donors (Lipinski definition) is 5. The number of carbonyl (C=O) groups is 3. The number of aliphatic carboxylic acids is 2. The lowest BCUT2D eigenvalue weighted by Gasteiger charge is -2.36. The van der Waals surface area contributed by atoms with Crippen LogP contribution in [0.25, 0.3) is 0 Å². The van der Waals surface area contributed by atoms with Crippen LogP contribution in [-0.4, -0.2) is 76.4 Å². The molecular weight excluding hydrogens is 424 g/mol. The molecular formula is C18H26O11S. The van der Waals surface area contributed by atoms with Crippen molar-refractivity contribution < 1.29 is 52.5 Å². The summed E-state index contributed by atoms with van der Waals surface area (Å²) in [5.41, 5.74) is -3.36. The summed E-state index contributed by atoms with van der Waals surface area (Å²) >= 11 is 0. The Morgan fingerprint density at radius 1 is 0.900 bits per heavy atom. The highest BCUT2D eigenvalue weighted by molar-refractivity contribution is 7.89. The summed E-state index contributed by atoms with van der Waals surface area (Å²) in [7, 11) is -5.17. The Kier molecular flexibility index (Phi) is 9.59. The molecule has 30 heavy (non-hydrogen) atoms. The maximum Gasteiger partial charge on any atom is 0.348 e. The standard InChI is InChI=1S/C18H26O11S/c1-11(2)16(26)29-30(27,28)18(5-12(3)14(22)23,6-13(4)15(24)25)7-17(8-19,9-20)10-21/h5-6,19-21H,1,7-10H2,2-4H3,(H,22,23)(H,24,25). The van der Waals surface area contributed by atoms with Crippen LogP contribution in [-0.2, 0) is 28.7 Å². The van der Waals surface area contributed by atoms with Gasteiger partial charge in [-0.1, -0.05) is 6.58 Å². The van der Waals surface area contributed by atoms with Gasteiger partial charge in [-0.05, 0) is 39.3 Å². The molecule has 0 saturated carbocycles. The van der Waals surface area contributed by atoms with E-state index in [0.29, 0.717) is 12.2 Å². The molecule has 0 radical (unpaired) electrons. The van der Waals surface area contributed by atoms with Crippen LogP contribution in [0.3, 0.4) is 0 Å². The van der Waals surface area contributed by atoms with Gasteiger partial charge in [-0.25, -0.2) is 14.4 Å². The topological polar surface area (TPSA) is 196 Å². The first-order valence-electron chi connectivity index (χ1n) is 8.44. The van der Waals surface area contributed by atoms with Gasteiger partial charge in [-0.15, -0.1) is 0 Å². The molecule has 5 N–H and O–H groups in total. The summed E-state index contributed by atoms with van der Waals surface area (Å²) in [6, 6.07) is 0. The number of carboxylic acid groups (broad SMARTS) is 2. The van der Waals surface area contributed by atoms with Crippen molar-refractivity contribution in [2.45, 2.75) is 31.9 Å². The zero-order chi connectivity index (χ0) is 23.9. The molecule has 12 heteroatoms. The van der Waals surface area contributed by atoms with Crippen LogP contribution in [0, 0.1) is 5.41 Å². The minimum atomic E-state index is -5.17. The first-order chi connectivity index (χ1) is 13.6. The van der Waals surface area contributed by atoms with Crippen molar-refractivity contribution in [1.82, 2.24) is 0 Å². The van der Waals surface area contributed by atoms with Crippen LogP contribution in [0.4, 0.5) is 0 Å². The van der Waals surface area contributed by atoms with E-state index in [4.69, 9.17) is 0 Å². The van der Waals surface area contributed by atoms with E-state index in [1.165, 1.54) is 0 Å². The van der Waals surface area contributed by atoms with Crippen molar-refractivity contribution in [3.8, 4) is 0 Å². The van der Waals surface area contributed by atoms with E-state index in [1.54, 1.807) is 0 Å². The Morgan fingerprint density at radius 2 is 1.27 bits per heavy atom. The van der Waals surface area contributed by atoms with Gasteiger partial charge in [0.25, 0.3) is 0 Å². The van der Waals surface area contributed by atoms with Crippen LogP contribution >= 0.6 is 0 Å². The van der Waals surface area contributed by atoms with Gasteiger partial charge in [0.1, 0.15) is 4.75 Å². The van der Waals surface area contributed by atoms with E-state index in [0.717, 1.165) is 20.8 Å². The molecule has 0 aliphatic heterocycles. The second kappa shape index (κ2) is 10.5. The molecule has 0 atom stereocenters. The van der Waals surface area contributed by atoms with Gasteiger partial charge in [0, 0.05) is 22.1 Å². The Hall–Kier alpha value is -2.54. The molecule has 0 saturated heterocycles. The van der Waals surface area contributed by atoms with Crippen LogP contribution in [0.2, 0.25) is 0 Å². The summed E-state index contributed by atoms with van der Waals surface area (Å²) in [5.74, 6) is -4.51. The lowest BCUT2D eigenvalue weighted by Crippen LogP contribution is -2.47. The van der Waals surface area contributed by atoms with E-state index >= 15 is 0 Å². The van der Waals surface area contributed by atoms with Crippen molar-refractivity contribution >= 4 is 28.0 Å². The molecule has 0 spiro atoms. The van der Waals surface area contributed by atoms with Crippen LogP contribution in [0.5, 0.6) is 0 Å². The Bertz CT molecular complexity index is 822. The molecule has 0 bridgehead atoms. The summed E-state index contributed by atoms with van der Waals surface area (Å²) in [5, 5.41) is 47.4. The fourth-order valence-electron chi connectivity index (χ4n) is 2.39. The predicted molar refractivity (Wildman–Crippen MR) is 104 cm³/mol. The normalized spacial score (nSPS) is 15.3. The number of aliphatic hydroxyl groups excluding tert-OH is 3. The van der Waals surface area contributed by atoms with Gasteiger partial charge < -0.3 is 29.7 Å². The summed E-state index contributed by atoms with van der Waals surface area (Å²) in [6.45, 7) is 3.55. The number of carboxylic acids is 2. The Labute approximate surface area is 173 Å². The van der Waals surface area contributed by atoms with Crippen molar-refractivity contribution in [1.29, 1.82) is 0 Å². The quantitative estimate of drug-likeness (QED) is 0.191. The zero-order valence-electron chi connectivity index (χ0n) is 16.8. The minimum absolute atomic E-state index is 0.317. The smallest absolute Gasteiger partial charge is 0.348 e. The van der Waals surface area contributed by atoms with E-state index in [9.17, 15) is 48.3 Å². The summed E-state index contributed by atoms with van der Waals surface area (Å²) in [4.78, 5) is 34.6. The van der Waals surface area contributed by atoms with E-state index < -0.39 is 75.6 Å². The highest BCUT2D eigenvalue weighted by atomic mass is 32.2. The second-order valence-corrected chi connectivity index (χ2v) is 8.81. The van der Waals surface area contributed by atoms with Crippen molar-refractivity contribution in [2.75, 3.05) is 19.8 Å². The van der Waals surface area contributed by atoms with Gasteiger partial charge in [0.2, 0.25) is 0 Å². The fraction of sp³-hybridized carbons (Fsp3) is 0.500. The number of carbonyl (C=O) groups excluding carboxylic acids is 1. The molecule has 0 aromatic carbocycles. The lowest BCUT2D eigenvalue weighted by atomic mass is 9.79. The van der Waals surface area contributed by atoms with E-state index in [2.05, 4.69) is 10.8 Å². The average Bonchev–Trinajstić information content (AvgIpc) is 2.65. The van der Waals surface area contributed by atoms with E-state index in [-0.39, 0.29) is 5.57 Å². The number of rotatable bonds is 12. The van der Waals surface area contributed by atoms with Gasteiger partial charge in [-0.3, -0.25) is 0 Å². The van der Waals surface area contributed by atoms with Gasteiger partial charge in [0.05, 0.1) is 19.8 Å². The van der Waals surface area contributed by atoms with Crippen LogP contribution in [0.1, 0.15) is 27.2 Å². The first-order valence-corrected chi connectivity index (χ1v) is 9.85. The predicted octanol–water partition coefficient (Wildman–Crippen LogP) is -0.410. The van der Waals surface area contributed by atoms with Crippen molar-refractivity contribution in [3.05, 3.63) is 35.5 Å². The van der Waals surface area contributed by atoms with Gasteiger partial charge in [-0.2, -0.15) is 8.42 Å². The van der Waals surface area contributed by atoms with Crippen LogP contribution < -0.4 is 0 Å². The highest BCUT2D eigenvalue weighted by Crippen LogP contribution is 2.39. The molecule has 0 amide bonds. The maximum absolute atomic E-state index is 13.1. The highest BCUT2D eigenvalue weighted by Gasteiger charge is 2.50. The monoisotopic (exact) mass is 450 g/mol. The Balaban J connectivity index is 7.27. The molecule has 11 nitrogen and oxygen atoms in total. The summed E-state index contributed by atoms with van der Waals surface area (Å²) in [6.07, 6.45) is 0.335. The second-order valence-electron chi connectivity index (χ2n) is 6.98. The van der Waals surface area contributed by atoms with Gasteiger partial charge in [0.15, 0.2) is 0 Å². The summed E-state index contributed by atoms with van der Waals surface area (Å²) < 4.78 is 28.1. The molecule has 0 heterocycles. The first kappa shape index (κ1) is 27.5. The largest absolute Gasteiger partial charge is 0.478 e. The molecule has 0 fully saturated rings. The molecule has 0 rings (SSSR count). The van der Waals surface area contributed by atoms with Crippen molar-refractivity contribution in [2.24, 2.45) is 5.41 Å². The number of aliphatic hydroxyl groups is 3. The maximum atomic E-state index is 13.1. The molecule has 0 aliphatic rings. The fourth-order valence-corrected chi connectivity index (χ4v) is 4.01. The minimum Gasteiger partial charge on any atom is -0.478 e. The third-order valence-corrected chi connectivity index (χ3v) is 5.93. The molecule has 0 aromatic rings. The SMILES string of the molecule is C=C(C)C(=O)OS(=O)(=O)C(C=C(C)C(=O)O)(C=C(C)C(=O)O)CC(CO)(CO)CO. The zero-order valence-corrected chi connectivity index (χ0v) is 17.6. The number of hydrogen-bond acceptors (Lipinski definition) is 9. The van der Waals surface area contributed by atoms with Gasteiger partial charge >= 0.3 is 28.0 Å². The average molecular weight is 450 g/mol. The lowest BCUT2D eigenvalue weighted by molar-refractivity contribution is -0.133. The van der Waals surface area contributed by atoms with E-state index in [1.807, 2.05) is 0 Å². The molecule has 0 aromatic heterocycles. The third kappa shape index (κ3) is 6.49. The van der Waals surface area contributed by atoms with Crippen molar-refractivity contribution in [3.63, 3.8) is 0 Å². The van der Waals surface area contributed by atoms with Crippen LogP contribution in [0.15, 0.2) is 35.5 Å².